The Bertz CT molecular complexity index is 1420. The Morgan fingerprint density at radius 3 is 2.23 bits per heavy atom. The minimum atomic E-state index is -3.56. The van der Waals surface area contributed by atoms with Crippen molar-refractivity contribution in [1.29, 1.82) is 0 Å². The van der Waals surface area contributed by atoms with Gasteiger partial charge in [0.1, 0.15) is 11.6 Å². The summed E-state index contributed by atoms with van der Waals surface area (Å²) in [5.41, 5.74) is 1.82. The Balaban J connectivity index is 1.35. The molecule has 0 saturated carbocycles. The largest absolute Gasteiger partial charge is 0.340 e. The van der Waals surface area contributed by atoms with Crippen molar-refractivity contribution < 1.29 is 8.42 Å². The van der Waals surface area contributed by atoms with E-state index in [1.54, 1.807) is 24.3 Å². The lowest BCUT2D eigenvalue weighted by Gasteiger charge is -2.36. The fourth-order valence-electron chi connectivity index (χ4n) is 4.29. The quantitative estimate of drug-likeness (QED) is 0.391. The van der Waals surface area contributed by atoms with Crippen LogP contribution in [0, 0.1) is 0 Å². The minimum absolute atomic E-state index is 0.0729. The first-order valence-corrected chi connectivity index (χ1v) is 13.3. The summed E-state index contributed by atoms with van der Waals surface area (Å²) in [6.07, 6.45) is 0. The van der Waals surface area contributed by atoms with Gasteiger partial charge in [0.25, 0.3) is 0 Å². The number of piperazine rings is 1. The number of benzene rings is 3. The number of anilines is 2. The van der Waals surface area contributed by atoms with Crippen LogP contribution in [0.3, 0.4) is 0 Å². The normalized spacial score (nSPS) is 16.3. The predicted octanol–water partition coefficient (Wildman–Crippen LogP) is 5.09. The molecule has 3 aromatic carbocycles. The van der Waals surface area contributed by atoms with Gasteiger partial charge in [0.15, 0.2) is 0 Å². The summed E-state index contributed by atoms with van der Waals surface area (Å²) >= 11 is 5.92. The molecule has 0 amide bonds. The van der Waals surface area contributed by atoms with E-state index in [0.717, 1.165) is 22.4 Å². The van der Waals surface area contributed by atoms with E-state index >= 15 is 0 Å². The van der Waals surface area contributed by atoms with Crippen LogP contribution < -0.4 is 5.32 Å². The third-order valence-electron chi connectivity index (χ3n) is 6.30. The molecule has 7 nitrogen and oxygen atoms in total. The summed E-state index contributed by atoms with van der Waals surface area (Å²) in [5.74, 6) is 1.46. The van der Waals surface area contributed by atoms with Gasteiger partial charge in [-0.25, -0.2) is 18.4 Å². The number of hydrogen-bond donors (Lipinski definition) is 1. The summed E-state index contributed by atoms with van der Waals surface area (Å²) in [4.78, 5) is 12.2. The second-order valence-corrected chi connectivity index (χ2v) is 10.9. The highest BCUT2D eigenvalue weighted by Crippen LogP contribution is 2.28. The minimum Gasteiger partial charge on any atom is -0.340 e. The van der Waals surface area contributed by atoms with Gasteiger partial charge in [-0.05, 0) is 55.5 Å². The summed E-state index contributed by atoms with van der Waals surface area (Å²) < 4.78 is 27.6. The molecule has 0 spiro atoms. The second kappa shape index (κ2) is 9.91. The zero-order chi connectivity index (χ0) is 24.4. The van der Waals surface area contributed by atoms with Crippen molar-refractivity contribution in [3.8, 4) is 0 Å². The van der Waals surface area contributed by atoms with Crippen LogP contribution in [0.2, 0.25) is 5.02 Å². The van der Waals surface area contributed by atoms with Gasteiger partial charge in [-0.3, -0.25) is 4.90 Å². The predicted molar refractivity (Wildman–Crippen MR) is 139 cm³/mol. The van der Waals surface area contributed by atoms with Crippen molar-refractivity contribution in [2.24, 2.45) is 0 Å². The van der Waals surface area contributed by atoms with E-state index in [1.807, 2.05) is 54.6 Å². The fraction of sp³-hybridized carbons (Fsp3) is 0.231. The molecule has 1 fully saturated rings. The van der Waals surface area contributed by atoms with E-state index in [9.17, 15) is 8.42 Å². The number of fused-ring (bicyclic) bond motifs is 1. The van der Waals surface area contributed by atoms with Crippen molar-refractivity contribution in [3.05, 3.63) is 89.7 Å². The van der Waals surface area contributed by atoms with E-state index in [1.165, 1.54) is 4.31 Å². The highest BCUT2D eigenvalue weighted by atomic mass is 35.5. The van der Waals surface area contributed by atoms with Crippen molar-refractivity contribution >= 4 is 44.0 Å². The van der Waals surface area contributed by atoms with Gasteiger partial charge < -0.3 is 5.32 Å². The number of nitrogens with zero attached hydrogens (tertiary/aromatic N) is 4. The molecule has 0 bridgehead atoms. The third-order valence-corrected chi connectivity index (χ3v) is 8.47. The van der Waals surface area contributed by atoms with Gasteiger partial charge in [0, 0.05) is 42.3 Å². The molecule has 1 unspecified atom stereocenters. The molecular weight excluding hydrogens is 482 g/mol. The first-order valence-electron chi connectivity index (χ1n) is 11.5. The second-order valence-electron chi connectivity index (χ2n) is 8.51. The summed E-state index contributed by atoms with van der Waals surface area (Å²) in [6.45, 7) is 4.05. The number of hydrogen-bond acceptors (Lipinski definition) is 6. The Hall–Kier alpha value is -3.04. The van der Waals surface area contributed by atoms with Crippen molar-refractivity contribution in [3.63, 3.8) is 0 Å². The molecule has 5 rings (SSSR count). The van der Waals surface area contributed by atoms with Gasteiger partial charge in [0.2, 0.25) is 10.0 Å². The average Bonchev–Trinajstić information content (AvgIpc) is 2.89. The Labute approximate surface area is 210 Å². The molecule has 1 atom stereocenters. The first kappa shape index (κ1) is 23.7. The maximum Gasteiger partial charge on any atom is 0.243 e. The molecule has 0 radical (unpaired) electrons. The number of halogens is 1. The summed E-state index contributed by atoms with van der Waals surface area (Å²) in [6, 6.07) is 24.1. The van der Waals surface area contributed by atoms with E-state index in [-0.39, 0.29) is 10.9 Å². The zero-order valence-corrected chi connectivity index (χ0v) is 20.9. The maximum absolute atomic E-state index is 13.0. The van der Waals surface area contributed by atoms with Gasteiger partial charge >= 0.3 is 0 Å². The van der Waals surface area contributed by atoms with Crippen LogP contribution in [0.1, 0.15) is 18.8 Å². The highest BCUT2D eigenvalue weighted by molar-refractivity contribution is 7.89. The van der Waals surface area contributed by atoms with Crippen LogP contribution in [-0.4, -0.2) is 53.8 Å². The number of nitrogens with one attached hydrogen (secondary N) is 1. The molecule has 180 valence electrons. The molecule has 1 aliphatic rings. The zero-order valence-electron chi connectivity index (χ0n) is 19.3. The monoisotopic (exact) mass is 507 g/mol. The van der Waals surface area contributed by atoms with Crippen molar-refractivity contribution in [1.82, 2.24) is 19.2 Å². The van der Waals surface area contributed by atoms with Gasteiger partial charge in [-0.1, -0.05) is 41.9 Å². The number of para-hydroxylation sites is 2. The van der Waals surface area contributed by atoms with Crippen LogP contribution >= 0.6 is 11.6 Å². The highest BCUT2D eigenvalue weighted by Gasteiger charge is 2.31. The molecule has 1 aliphatic heterocycles. The van der Waals surface area contributed by atoms with Crippen LogP contribution in [0.4, 0.5) is 11.5 Å². The SMILES string of the molecule is CC(c1nc(Nc2ccccc2)c2ccccc2n1)N1CCN(S(=O)(=O)c2ccc(Cl)cc2)CC1. The molecular formula is C26H26ClN5O2S. The molecule has 0 aliphatic carbocycles. The van der Waals surface area contributed by atoms with Gasteiger partial charge in [-0.15, -0.1) is 0 Å². The first-order chi connectivity index (χ1) is 16.9. The van der Waals surface area contributed by atoms with Crippen LogP contribution in [0.15, 0.2) is 83.8 Å². The Kier molecular flexibility index (Phi) is 6.71. The maximum atomic E-state index is 13.0. The lowest BCUT2D eigenvalue weighted by molar-refractivity contribution is 0.141. The van der Waals surface area contributed by atoms with Crippen molar-refractivity contribution in [2.45, 2.75) is 17.9 Å². The molecule has 35 heavy (non-hydrogen) atoms. The molecule has 1 saturated heterocycles. The lowest BCUT2D eigenvalue weighted by atomic mass is 10.2. The van der Waals surface area contributed by atoms with Gasteiger partial charge in [0.05, 0.1) is 16.5 Å². The van der Waals surface area contributed by atoms with E-state index < -0.39 is 10.0 Å². The molecule has 1 aromatic heterocycles. The van der Waals surface area contributed by atoms with E-state index in [4.69, 9.17) is 21.6 Å². The smallest absolute Gasteiger partial charge is 0.243 e. The Morgan fingerprint density at radius 2 is 1.51 bits per heavy atom. The van der Waals surface area contributed by atoms with Crippen molar-refractivity contribution in [2.75, 3.05) is 31.5 Å². The topological polar surface area (TPSA) is 78.4 Å². The van der Waals surface area contributed by atoms with Crippen LogP contribution in [0.25, 0.3) is 10.9 Å². The lowest BCUT2D eigenvalue weighted by Crippen LogP contribution is -2.49. The number of sulfonamides is 1. The average molecular weight is 508 g/mol. The van der Waals surface area contributed by atoms with Crippen LogP contribution in [-0.2, 0) is 10.0 Å². The van der Waals surface area contributed by atoms with E-state index in [2.05, 4.69) is 17.1 Å². The number of aromatic nitrogens is 2. The number of rotatable bonds is 6. The third kappa shape index (κ3) is 5.01. The molecule has 2 heterocycles. The fourth-order valence-corrected chi connectivity index (χ4v) is 5.83. The summed E-state index contributed by atoms with van der Waals surface area (Å²) in [7, 11) is -3.56. The molecule has 1 N–H and O–H groups in total. The van der Waals surface area contributed by atoms with Crippen LogP contribution in [0.5, 0.6) is 0 Å². The molecule has 4 aromatic rings. The summed E-state index contributed by atoms with van der Waals surface area (Å²) in [5, 5.41) is 4.89. The standard InChI is InChI=1S/C26H26ClN5O2S/c1-19(31-15-17-32(18-16-31)35(33,34)22-13-11-20(27)12-14-22)25-29-24-10-6-5-9-23(24)26(30-25)28-21-7-3-2-4-8-21/h2-14,19H,15-18H2,1H3,(H,28,29,30). The van der Waals surface area contributed by atoms with E-state index in [0.29, 0.717) is 37.0 Å². The van der Waals surface area contributed by atoms with Gasteiger partial charge in [-0.2, -0.15) is 4.31 Å². The molecule has 9 heteroatoms. The Morgan fingerprint density at radius 1 is 0.857 bits per heavy atom.